The van der Waals surface area contributed by atoms with Gasteiger partial charge >= 0.3 is 0 Å². The number of thiazole rings is 1. The maximum absolute atomic E-state index is 4.40. The normalized spacial score (nSPS) is 10.2. The largest absolute Gasteiger partial charge is 0.339 e. The molecule has 0 fully saturated rings. The Hall–Kier alpha value is -1.35. The number of anilines is 1. The van der Waals surface area contributed by atoms with E-state index in [9.17, 15) is 0 Å². The summed E-state index contributed by atoms with van der Waals surface area (Å²) in [5.74, 6) is 0. The number of nitrogens with one attached hydrogen (secondary N) is 1. The highest BCUT2D eigenvalue weighted by molar-refractivity contribution is 7.22. The Bertz CT molecular complexity index is 445. The number of fused-ring (bicyclic) bond motifs is 1. The molecule has 2 aromatic rings. The maximum Gasteiger partial charge on any atom is 0.187 e. The van der Waals surface area contributed by atoms with Gasteiger partial charge in [-0.3, -0.25) is 0 Å². The summed E-state index contributed by atoms with van der Waals surface area (Å²) < 4.78 is 1.20. The van der Waals surface area contributed by atoms with E-state index in [0.717, 1.165) is 10.6 Å². The highest BCUT2D eigenvalue weighted by Gasteiger charge is 2.01. The molecule has 3 heteroatoms. The van der Waals surface area contributed by atoms with Crippen molar-refractivity contribution in [2.45, 2.75) is 6.92 Å². The van der Waals surface area contributed by atoms with Gasteiger partial charge < -0.3 is 5.32 Å². The van der Waals surface area contributed by atoms with E-state index in [0.29, 0.717) is 0 Å². The predicted octanol–water partition coefficient (Wildman–Crippen LogP) is 3.16. The zero-order valence-electron chi connectivity index (χ0n) is 7.37. The Labute approximate surface area is 80.9 Å². The molecule has 1 heterocycles. The van der Waals surface area contributed by atoms with Gasteiger partial charge in [-0.1, -0.05) is 24.0 Å². The first kappa shape index (κ1) is 8.26. The molecule has 0 aliphatic carbocycles. The van der Waals surface area contributed by atoms with Crippen molar-refractivity contribution in [3.63, 3.8) is 0 Å². The summed E-state index contributed by atoms with van der Waals surface area (Å²) in [6, 6.07) is 6.27. The van der Waals surface area contributed by atoms with E-state index in [2.05, 4.69) is 42.0 Å². The van der Waals surface area contributed by atoms with Gasteiger partial charge in [-0.05, 0) is 30.8 Å². The zero-order chi connectivity index (χ0) is 9.26. The molecule has 0 aliphatic rings. The lowest BCUT2D eigenvalue weighted by molar-refractivity contribution is 1.43. The van der Waals surface area contributed by atoms with Crippen molar-refractivity contribution < 1.29 is 0 Å². The second-order valence-electron chi connectivity index (χ2n) is 2.84. The van der Waals surface area contributed by atoms with Crippen molar-refractivity contribution in [2.75, 3.05) is 5.32 Å². The van der Waals surface area contributed by atoms with Crippen molar-refractivity contribution in [1.29, 1.82) is 0 Å². The van der Waals surface area contributed by atoms with Crippen LogP contribution in [0.5, 0.6) is 0 Å². The number of nitrogens with zero attached hydrogens (tertiary/aromatic N) is 1. The van der Waals surface area contributed by atoms with E-state index in [1.54, 1.807) is 17.5 Å². The maximum atomic E-state index is 4.40. The molecule has 1 aromatic carbocycles. The Balaban J connectivity index is 2.55. The first-order valence-electron chi connectivity index (χ1n) is 4.04. The van der Waals surface area contributed by atoms with Gasteiger partial charge in [0.15, 0.2) is 5.13 Å². The van der Waals surface area contributed by atoms with Crippen molar-refractivity contribution in [3.05, 3.63) is 36.5 Å². The minimum absolute atomic E-state index is 0.899. The van der Waals surface area contributed by atoms with Crippen LogP contribution in [0.15, 0.2) is 31.0 Å². The Kier molecular flexibility index (Phi) is 2.02. The monoisotopic (exact) mass is 190 g/mol. The number of aromatic nitrogens is 1. The number of benzene rings is 1. The van der Waals surface area contributed by atoms with Crippen LogP contribution in [-0.4, -0.2) is 4.98 Å². The molecule has 0 saturated carbocycles. The summed E-state index contributed by atoms with van der Waals surface area (Å²) in [5, 5.41) is 3.89. The van der Waals surface area contributed by atoms with Gasteiger partial charge in [-0.2, -0.15) is 0 Å². The first-order valence-corrected chi connectivity index (χ1v) is 4.86. The molecular formula is C10H10N2S. The quantitative estimate of drug-likeness (QED) is 0.786. The average molecular weight is 190 g/mol. The number of rotatable bonds is 2. The van der Waals surface area contributed by atoms with Crippen LogP contribution >= 0.6 is 11.3 Å². The highest BCUT2D eigenvalue weighted by atomic mass is 32.1. The van der Waals surface area contributed by atoms with Gasteiger partial charge in [-0.15, -0.1) is 0 Å². The Morgan fingerprint density at radius 3 is 3.15 bits per heavy atom. The van der Waals surface area contributed by atoms with E-state index in [1.807, 2.05) is 0 Å². The van der Waals surface area contributed by atoms with Crippen LogP contribution in [0.1, 0.15) is 5.56 Å². The smallest absolute Gasteiger partial charge is 0.187 e. The Morgan fingerprint density at radius 1 is 1.54 bits per heavy atom. The van der Waals surface area contributed by atoms with E-state index in [-0.39, 0.29) is 0 Å². The van der Waals surface area contributed by atoms with Gasteiger partial charge in [0.2, 0.25) is 0 Å². The number of aryl methyl sites for hydroxylation is 1. The second kappa shape index (κ2) is 3.18. The highest BCUT2D eigenvalue weighted by Crippen LogP contribution is 2.26. The summed E-state index contributed by atoms with van der Waals surface area (Å²) in [7, 11) is 0. The molecule has 0 aliphatic heterocycles. The molecule has 0 saturated heterocycles. The summed E-state index contributed by atoms with van der Waals surface area (Å²) >= 11 is 1.64. The fourth-order valence-electron chi connectivity index (χ4n) is 1.19. The third-order valence-corrected chi connectivity index (χ3v) is 2.74. The van der Waals surface area contributed by atoms with Crippen LogP contribution in [-0.2, 0) is 0 Å². The van der Waals surface area contributed by atoms with E-state index >= 15 is 0 Å². The lowest BCUT2D eigenvalue weighted by Gasteiger charge is -1.88. The van der Waals surface area contributed by atoms with Crippen LogP contribution in [0.3, 0.4) is 0 Å². The van der Waals surface area contributed by atoms with Crippen molar-refractivity contribution in [1.82, 2.24) is 4.98 Å². The number of hydrogen-bond acceptors (Lipinski definition) is 3. The molecule has 0 spiro atoms. The summed E-state index contributed by atoms with van der Waals surface area (Å²) in [6.45, 7) is 5.67. The van der Waals surface area contributed by atoms with Gasteiger partial charge in [0.25, 0.3) is 0 Å². The molecule has 0 bridgehead atoms. The number of hydrogen-bond donors (Lipinski definition) is 1. The molecule has 1 N–H and O–H groups in total. The minimum atomic E-state index is 0.899. The summed E-state index contributed by atoms with van der Waals surface area (Å²) in [6.07, 6.45) is 1.64. The van der Waals surface area contributed by atoms with Crippen LogP contribution in [0, 0.1) is 6.92 Å². The summed E-state index contributed by atoms with van der Waals surface area (Å²) in [4.78, 5) is 4.40. The zero-order valence-corrected chi connectivity index (χ0v) is 8.19. The molecule has 13 heavy (non-hydrogen) atoms. The lowest BCUT2D eigenvalue weighted by atomic mass is 10.2. The van der Waals surface area contributed by atoms with Crippen molar-refractivity contribution in [3.8, 4) is 0 Å². The fraction of sp³-hybridized carbons (Fsp3) is 0.100. The predicted molar refractivity (Wildman–Crippen MR) is 58.2 cm³/mol. The van der Waals surface area contributed by atoms with E-state index < -0.39 is 0 Å². The SMILES string of the molecule is C=CNc1nc2cc(C)ccc2s1. The Morgan fingerprint density at radius 2 is 2.38 bits per heavy atom. The molecule has 0 unspecified atom stereocenters. The third-order valence-electron chi connectivity index (χ3n) is 1.77. The van der Waals surface area contributed by atoms with E-state index in [1.165, 1.54) is 10.3 Å². The van der Waals surface area contributed by atoms with Gasteiger partial charge in [-0.25, -0.2) is 4.98 Å². The standard InChI is InChI=1S/C10H10N2S/c1-3-11-10-12-8-6-7(2)4-5-9(8)13-10/h3-6H,1H2,2H3,(H,11,12). The molecule has 1 aromatic heterocycles. The van der Waals surface area contributed by atoms with Crippen LogP contribution in [0.25, 0.3) is 10.2 Å². The van der Waals surface area contributed by atoms with E-state index in [4.69, 9.17) is 0 Å². The van der Waals surface area contributed by atoms with Crippen molar-refractivity contribution >= 4 is 26.7 Å². The summed E-state index contributed by atoms with van der Waals surface area (Å²) in [5.41, 5.74) is 2.29. The van der Waals surface area contributed by atoms with Crippen LogP contribution < -0.4 is 5.32 Å². The van der Waals surface area contributed by atoms with Crippen LogP contribution in [0.2, 0.25) is 0 Å². The molecule has 0 atom stereocenters. The van der Waals surface area contributed by atoms with Gasteiger partial charge in [0.1, 0.15) is 0 Å². The lowest BCUT2D eigenvalue weighted by Crippen LogP contribution is -1.82. The molecule has 2 nitrogen and oxygen atoms in total. The second-order valence-corrected chi connectivity index (χ2v) is 3.87. The minimum Gasteiger partial charge on any atom is -0.339 e. The first-order chi connectivity index (χ1) is 6.29. The third kappa shape index (κ3) is 1.55. The molecule has 2 rings (SSSR count). The van der Waals surface area contributed by atoms with Gasteiger partial charge in [0, 0.05) is 0 Å². The molecular weight excluding hydrogens is 180 g/mol. The van der Waals surface area contributed by atoms with Gasteiger partial charge in [0.05, 0.1) is 10.2 Å². The average Bonchev–Trinajstić information content (AvgIpc) is 2.46. The molecule has 0 amide bonds. The topological polar surface area (TPSA) is 24.9 Å². The van der Waals surface area contributed by atoms with Crippen molar-refractivity contribution in [2.24, 2.45) is 0 Å². The molecule has 66 valence electrons. The van der Waals surface area contributed by atoms with Crippen LogP contribution in [0.4, 0.5) is 5.13 Å². The fourth-order valence-corrected chi connectivity index (χ4v) is 2.03. The molecule has 0 radical (unpaired) electrons.